The van der Waals surface area contributed by atoms with E-state index in [0.717, 1.165) is 37.9 Å². The Morgan fingerprint density at radius 1 is 1.00 bits per heavy atom. The molecule has 4 rings (SSSR count). The highest BCUT2D eigenvalue weighted by Crippen LogP contribution is 2.35. The first kappa shape index (κ1) is 17.8. The van der Waals surface area contributed by atoms with E-state index in [1.165, 1.54) is 0 Å². The van der Waals surface area contributed by atoms with Crippen LogP contribution in [0.2, 0.25) is 5.02 Å². The summed E-state index contributed by atoms with van der Waals surface area (Å²) in [6.45, 7) is 0. The van der Waals surface area contributed by atoms with Gasteiger partial charge in [0.05, 0.1) is 12.1 Å². The van der Waals surface area contributed by atoms with E-state index in [4.69, 9.17) is 28.2 Å². The van der Waals surface area contributed by atoms with Gasteiger partial charge in [-0.1, -0.05) is 75.5 Å². The van der Waals surface area contributed by atoms with Crippen LogP contribution >= 0.6 is 39.1 Å². The zero-order valence-corrected chi connectivity index (χ0v) is 17.0. The molecule has 1 N–H and O–H groups in total. The van der Waals surface area contributed by atoms with Crippen LogP contribution in [-0.4, -0.2) is 11.9 Å². The average Bonchev–Trinajstić information content (AvgIpc) is 3.09. The zero-order chi connectivity index (χ0) is 18.1. The van der Waals surface area contributed by atoms with Crippen molar-refractivity contribution in [2.75, 3.05) is 0 Å². The number of hydrogen-bond donors (Lipinski definition) is 1. The Morgan fingerprint density at radius 3 is 2.38 bits per heavy atom. The van der Waals surface area contributed by atoms with Gasteiger partial charge in [0.2, 0.25) is 0 Å². The second-order valence-corrected chi connectivity index (χ2v) is 8.29. The summed E-state index contributed by atoms with van der Waals surface area (Å²) < 4.78 is 1.06. The third-order valence-electron chi connectivity index (χ3n) is 4.79. The molecular formula is C21H17BrCl2N2. The molecule has 0 saturated heterocycles. The summed E-state index contributed by atoms with van der Waals surface area (Å²) >= 11 is 15.7. The Morgan fingerprint density at radius 2 is 1.73 bits per heavy atom. The molecule has 132 valence electrons. The van der Waals surface area contributed by atoms with Crippen LogP contribution in [0.15, 0.2) is 81.3 Å². The number of hydrogen-bond acceptors (Lipinski definition) is 2. The minimum Gasteiger partial charge on any atom is -0.364 e. The standard InChI is InChI=1S/C21H17BrCl2N2/c22-16-7-1-15(2-8-16)21-25-19(13-3-9-17(23)10-4-13)20(26-21)14-5-11-18(24)12-6-14/h1-5,7-12,14,19-20H,6H2,(H,25,26)/t14?,19-,20+/m0/s1. The number of amidine groups is 1. The first-order valence-electron chi connectivity index (χ1n) is 8.50. The van der Waals surface area contributed by atoms with Crippen molar-refractivity contribution in [2.45, 2.75) is 18.5 Å². The average molecular weight is 448 g/mol. The number of nitrogens with zero attached hydrogens (tertiary/aromatic N) is 1. The maximum atomic E-state index is 6.10. The van der Waals surface area contributed by atoms with Gasteiger partial charge in [0.1, 0.15) is 5.84 Å². The predicted molar refractivity (Wildman–Crippen MR) is 113 cm³/mol. The molecule has 3 atom stereocenters. The van der Waals surface area contributed by atoms with Gasteiger partial charge in [0, 0.05) is 26.0 Å². The van der Waals surface area contributed by atoms with Gasteiger partial charge in [0.15, 0.2) is 0 Å². The van der Waals surface area contributed by atoms with Crippen molar-refractivity contribution in [3.05, 3.63) is 92.4 Å². The maximum absolute atomic E-state index is 6.10. The quantitative estimate of drug-likeness (QED) is 0.589. The third-order valence-corrected chi connectivity index (χ3v) is 5.85. The van der Waals surface area contributed by atoms with Crippen molar-refractivity contribution in [1.29, 1.82) is 0 Å². The normalized spacial score (nSPS) is 24.8. The molecule has 1 heterocycles. The van der Waals surface area contributed by atoms with Gasteiger partial charge in [-0.3, -0.25) is 4.99 Å². The fraction of sp³-hybridized carbons (Fsp3) is 0.190. The van der Waals surface area contributed by atoms with Crippen molar-refractivity contribution in [2.24, 2.45) is 10.9 Å². The van der Waals surface area contributed by atoms with Gasteiger partial charge >= 0.3 is 0 Å². The van der Waals surface area contributed by atoms with E-state index in [9.17, 15) is 0 Å². The minimum atomic E-state index is 0.0332. The lowest BCUT2D eigenvalue weighted by molar-refractivity contribution is 0.424. The van der Waals surface area contributed by atoms with Crippen molar-refractivity contribution in [3.8, 4) is 0 Å². The molecule has 1 unspecified atom stereocenters. The number of aliphatic imine (C=N–C) groups is 1. The summed E-state index contributed by atoms with van der Waals surface area (Å²) in [5, 5.41) is 5.19. The van der Waals surface area contributed by atoms with Crippen LogP contribution in [0, 0.1) is 5.92 Å². The van der Waals surface area contributed by atoms with Crippen molar-refractivity contribution in [1.82, 2.24) is 5.32 Å². The van der Waals surface area contributed by atoms with Gasteiger partial charge in [-0.15, -0.1) is 0 Å². The molecule has 0 radical (unpaired) electrons. The minimum absolute atomic E-state index is 0.0332. The van der Waals surface area contributed by atoms with Gasteiger partial charge in [-0.05, 0) is 42.3 Å². The molecule has 1 aliphatic carbocycles. The van der Waals surface area contributed by atoms with Crippen LogP contribution in [0.1, 0.15) is 23.6 Å². The summed E-state index contributed by atoms with van der Waals surface area (Å²) in [4.78, 5) is 5.02. The molecule has 0 spiro atoms. The van der Waals surface area contributed by atoms with Gasteiger partial charge in [-0.25, -0.2) is 0 Å². The van der Waals surface area contributed by atoms with Crippen molar-refractivity contribution < 1.29 is 0 Å². The van der Waals surface area contributed by atoms with E-state index in [2.05, 4.69) is 57.7 Å². The Balaban J connectivity index is 1.68. The molecule has 1 aliphatic heterocycles. The van der Waals surface area contributed by atoms with Crippen LogP contribution in [0.25, 0.3) is 0 Å². The first-order chi connectivity index (χ1) is 12.6. The molecule has 5 heteroatoms. The second kappa shape index (κ2) is 7.59. The summed E-state index contributed by atoms with van der Waals surface area (Å²) in [5.74, 6) is 1.26. The largest absolute Gasteiger partial charge is 0.364 e. The number of allylic oxidation sites excluding steroid dienone is 3. The summed E-state index contributed by atoms with van der Waals surface area (Å²) in [5.41, 5.74) is 2.25. The van der Waals surface area contributed by atoms with Gasteiger partial charge < -0.3 is 5.32 Å². The highest BCUT2D eigenvalue weighted by atomic mass is 79.9. The zero-order valence-electron chi connectivity index (χ0n) is 13.9. The van der Waals surface area contributed by atoms with Gasteiger partial charge in [0.25, 0.3) is 0 Å². The fourth-order valence-electron chi connectivity index (χ4n) is 3.42. The fourth-order valence-corrected chi connectivity index (χ4v) is 3.97. The number of halogens is 3. The van der Waals surface area contributed by atoms with E-state index in [1.807, 2.05) is 30.3 Å². The molecule has 0 aromatic heterocycles. The lowest BCUT2D eigenvalue weighted by atomic mass is 9.86. The van der Waals surface area contributed by atoms with E-state index in [0.29, 0.717) is 5.92 Å². The van der Waals surface area contributed by atoms with Crippen LogP contribution in [-0.2, 0) is 0 Å². The highest BCUT2D eigenvalue weighted by Gasteiger charge is 2.35. The monoisotopic (exact) mass is 446 g/mol. The number of benzene rings is 2. The first-order valence-corrected chi connectivity index (χ1v) is 10.0. The summed E-state index contributed by atoms with van der Waals surface area (Å²) in [7, 11) is 0. The van der Waals surface area contributed by atoms with Crippen LogP contribution in [0.5, 0.6) is 0 Å². The Kier molecular flexibility index (Phi) is 5.21. The van der Waals surface area contributed by atoms with Crippen LogP contribution in [0.3, 0.4) is 0 Å². The summed E-state index contributed by atoms with van der Waals surface area (Å²) in [6, 6.07) is 16.4. The Labute approximate surface area is 171 Å². The smallest absolute Gasteiger partial charge is 0.129 e. The number of rotatable bonds is 3. The molecule has 0 amide bonds. The molecule has 0 bridgehead atoms. The molecule has 2 aromatic rings. The number of nitrogens with one attached hydrogen (secondary N) is 1. The lowest BCUT2D eigenvalue weighted by Gasteiger charge is -2.27. The van der Waals surface area contributed by atoms with E-state index < -0.39 is 0 Å². The van der Waals surface area contributed by atoms with Crippen LogP contribution < -0.4 is 5.32 Å². The van der Waals surface area contributed by atoms with Crippen molar-refractivity contribution >= 4 is 45.0 Å². The Hall–Kier alpha value is -1.55. The van der Waals surface area contributed by atoms with E-state index in [1.54, 1.807) is 0 Å². The van der Waals surface area contributed by atoms with Gasteiger partial charge in [-0.2, -0.15) is 0 Å². The molecule has 26 heavy (non-hydrogen) atoms. The second-order valence-electron chi connectivity index (χ2n) is 6.50. The highest BCUT2D eigenvalue weighted by molar-refractivity contribution is 9.10. The molecule has 2 aromatic carbocycles. The molecule has 0 fully saturated rings. The summed E-state index contributed by atoms with van der Waals surface area (Å²) in [6.07, 6.45) is 7.14. The predicted octanol–water partition coefficient (Wildman–Crippen LogP) is 6.26. The third kappa shape index (κ3) is 3.75. The molecular weight excluding hydrogens is 431 g/mol. The SMILES string of the molecule is ClC1=CCC([C@H]2NC(c3ccc(Br)cc3)=N[C@H]2c2ccc(Cl)cc2)C=C1. The van der Waals surface area contributed by atoms with E-state index in [-0.39, 0.29) is 12.1 Å². The van der Waals surface area contributed by atoms with E-state index >= 15 is 0 Å². The Bertz CT molecular complexity index is 885. The van der Waals surface area contributed by atoms with Crippen molar-refractivity contribution in [3.63, 3.8) is 0 Å². The molecule has 2 nitrogen and oxygen atoms in total. The maximum Gasteiger partial charge on any atom is 0.129 e. The molecule has 2 aliphatic rings. The lowest BCUT2D eigenvalue weighted by Crippen LogP contribution is -2.38. The molecule has 0 saturated carbocycles. The van der Waals surface area contributed by atoms with Crippen LogP contribution in [0.4, 0.5) is 0 Å². The topological polar surface area (TPSA) is 24.4 Å².